The molecule has 0 spiro atoms. The zero-order valence-electron chi connectivity index (χ0n) is 13.4. The van der Waals surface area contributed by atoms with Crippen molar-refractivity contribution < 1.29 is 4.79 Å². The third kappa shape index (κ3) is 2.33. The third-order valence-electron chi connectivity index (χ3n) is 4.43. The van der Waals surface area contributed by atoms with E-state index in [1.54, 1.807) is 7.05 Å². The van der Waals surface area contributed by atoms with Crippen LogP contribution in [0.4, 0.5) is 0 Å². The van der Waals surface area contributed by atoms with Gasteiger partial charge in [-0.25, -0.2) is 0 Å². The number of carbonyl (C=O) groups excluding carboxylic acids is 1. The van der Waals surface area contributed by atoms with E-state index < -0.39 is 0 Å². The highest BCUT2D eigenvalue weighted by molar-refractivity contribution is 6.12. The number of amides is 1. The molecule has 0 aliphatic rings. The normalized spacial score (nSPS) is 10.9. The number of nitrogens with one attached hydrogen (secondary N) is 1. The first-order valence-corrected chi connectivity index (χ1v) is 8.01. The Morgan fingerprint density at radius 2 is 1.29 bits per heavy atom. The minimum absolute atomic E-state index is 0.0654. The minimum atomic E-state index is -0.0654. The Hall–Kier alpha value is -3.13. The van der Waals surface area contributed by atoms with E-state index >= 15 is 0 Å². The van der Waals surface area contributed by atoms with Crippen molar-refractivity contribution in [2.45, 2.75) is 0 Å². The molecule has 0 radical (unpaired) electrons. The number of fused-ring (bicyclic) bond motifs is 2. The van der Waals surface area contributed by atoms with Crippen LogP contribution in [-0.2, 0) is 0 Å². The lowest BCUT2D eigenvalue weighted by Crippen LogP contribution is -2.17. The molecule has 1 amide bonds. The van der Waals surface area contributed by atoms with Crippen molar-refractivity contribution in [1.82, 2.24) is 5.32 Å². The summed E-state index contributed by atoms with van der Waals surface area (Å²) in [5.41, 5.74) is 3.01. The molecule has 2 nitrogen and oxygen atoms in total. The van der Waals surface area contributed by atoms with Crippen LogP contribution in [0.5, 0.6) is 0 Å². The van der Waals surface area contributed by atoms with E-state index in [1.165, 1.54) is 27.1 Å². The van der Waals surface area contributed by atoms with Crippen LogP contribution in [0.15, 0.2) is 78.9 Å². The highest BCUT2D eigenvalue weighted by Crippen LogP contribution is 2.36. The van der Waals surface area contributed by atoms with Crippen LogP contribution in [0.25, 0.3) is 32.7 Å². The molecule has 0 bridgehead atoms. The van der Waals surface area contributed by atoms with Gasteiger partial charge < -0.3 is 5.32 Å². The molecule has 0 aliphatic heterocycles. The van der Waals surface area contributed by atoms with Crippen LogP contribution in [0.2, 0.25) is 0 Å². The van der Waals surface area contributed by atoms with Crippen LogP contribution >= 0.6 is 0 Å². The number of hydrogen-bond acceptors (Lipinski definition) is 1. The zero-order chi connectivity index (χ0) is 16.5. The van der Waals surface area contributed by atoms with Crippen LogP contribution < -0.4 is 5.32 Å². The maximum absolute atomic E-state index is 11.8. The van der Waals surface area contributed by atoms with Gasteiger partial charge in [0.05, 0.1) is 0 Å². The van der Waals surface area contributed by atoms with Crippen LogP contribution in [0, 0.1) is 0 Å². The number of carbonyl (C=O) groups is 1. The summed E-state index contributed by atoms with van der Waals surface area (Å²) in [4.78, 5) is 11.8. The summed E-state index contributed by atoms with van der Waals surface area (Å²) < 4.78 is 0. The van der Waals surface area contributed by atoms with E-state index in [9.17, 15) is 4.79 Å². The van der Waals surface area contributed by atoms with Crippen molar-refractivity contribution in [2.75, 3.05) is 7.05 Å². The summed E-state index contributed by atoms with van der Waals surface area (Å²) in [6, 6.07) is 26.9. The topological polar surface area (TPSA) is 29.1 Å². The van der Waals surface area contributed by atoms with E-state index in [2.05, 4.69) is 59.9 Å². The maximum atomic E-state index is 11.8. The van der Waals surface area contributed by atoms with Gasteiger partial charge in [0.25, 0.3) is 5.91 Å². The first-order valence-electron chi connectivity index (χ1n) is 8.01. The Morgan fingerprint density at radius 3 is 1.83 bits per heavy atom. The third-order valence-corrected chi connectivity index (χ3v) is 4.43. The van der Waals surface area contributed by atoms with Gasteiger partial charge in [-0.2, -0.15) is 0 Å². The molecule has 0 atom stereocenters. The van der Waals surface area contributed by atoms with Gasteiger partial charge in [-0.1, -0.05) is 60.7 Å². The monoisotopic (exact) mass is 311 g/mol. The summed E-state index contributed by atoms with van der Waals surface area (Å²) in [6.45, 7) is 0. The Kier molecular flexibility index (Phi) is 3.51. The Morgan fingerprint density at radius 1 is 0.750 bits per heavy atom. The van der Waals surface area contributed by atoms with E-state index in [1.807, 2.05) is 24.3 Å². The van der Waals surface area contributed by atoms with Crippen LogP contribution in [0.1, 0.15) is 10.4 Å². The van der Waals surface area contributed by atoms with Crippen molar-refractivity contribution >= 4 is 27.5 Å². The second-order valence-electron chi connectivity index (χ2n) is 5.85. The van der Waals surface area contributed by atoms with Gasteiger partial charge >= 0.3 is 0 Å². The van der Waals surface area contributed by atoms with Crippen molar-refractivity contribution in [3.05, 3.63) is 84.4 Å². The fraction of sp³-hybridized carbons (Fsp3) is 0.0455. The van der Waals surface area contributed by atoms with Crippen molar-refractivity contribution in [3.8, 4) is 11.1 Å². The second-order valence-corrected chi connectivity index (χ2v) is 5.85. The van der Waals surface area contributed by atoms with Crippen molar-refractivity contribution in [2.24, 2.45) is 0 Å². The predicted octanol–water partition coefficient (Wildman–Crippen LogP) is 5.02. The average Bonchev–Trinajstić information content (AvgIpc) is 2.65. The van der Waals surface area contributed by atoms with Gasteiger partial charge in [0, 0.05) is 12.6 Å². The standard InChI is InChI=1S/C22H17NO/c1-23-22(24)16-12-10-15(11-13-16)21-19-8-4-2-6-17(19)14-18-7-3-5-9-20(18)21/h2-14H,1H3,(H,23,24). The summed E-state index contributed by atoms with van der Waals surface area (Å²) in [7, 11) is 1.65. The molecule has 4 rings (SSSR count). The SMILES string of the molecule is CNC(=O)c1ccc(-c2c3ccccc3cc3ccccc23)cc1. The van der Waals surface area contributed by atoms with Crippen molar-refractivity contribution in [3.63, 3.8) is 0 Å². The molecule has 0 unspecified atom stereocenters. The smallest absolute Gasteiger partial charge is 0.251 e. The minimum Gasteiger partial charge on any atom is -0.355 e. The van der Waals surface area contributed by atoms with Gasteiger partial charge in [0.1, 0.15) is 0 Å². The molecule has 0 fully saturated rings. The van der Waals surface area contributed by atoms with Crippen LogP contribution in [-0.4, -0.2) is 13.0 Å². The fourth-order valence-corrected chi connectivity index (χ4v) is 3.26. The van der Waals surface area contributed by atoms with Gasteiger partial charge in [-0.3, -0.25) is 4.79 Å². The number of hydrogen-bond donors (Lipinski definition) is 1. The molecule has 0 aromatic heterocycles. The predicted molar refractivity (Wildman–Crippen MR) is 100 cm³/mol. The maximum Gasteiger partial charge on any atom is 0.251 e. The molecule has 4 aromatic rings. The lowest BCUT2D eigenvalue weighted by atomic mass is 9.92. The summed E-state index contributed by atoms with van der Waals surface area (Å²) >= 11 is 0. The molecule has 0 saturated carbocycles. The second kappa shape index (κ2) is 5.82. The first-order chi connectivity index (χ1) is 11.8. The van der Waals surface area contributed by atoms with Gasteiger partial charge in [0.2, 0.25) is 0 Å². The molecule has 116 valence electrons. The Balaban J connectivity index is 2.01. The number of benzene rings is 4. The lowest BCUT2D eigenvalue weighted by Gasteiger charge is -2.12. The molecular weight excluding hydrogens is 294 g/mol. The van der Waals surface area contributed by atoms with Crippen LogP contribution in [0.3, 0.4) is 0 Å². The molecule has 4 aromatic carbocycles. The molecule has 1 N–H and O–H groups in total. The van der Waals surface area contributed by atoms with E-state index in [-0.39, 0.29) is 5.91 Å². The lowest BCUT2D eigenvalue weighted by molar-refractivity contribution is 0.0963. The fourth-order valence-electron chi connectivity index (χ4n) is 3.26. The van der Waals surface area contributed by atoms with E-state index in [0.717, 1.165) is 5.56 Å². The summed E-state index contributed by atoms with van der Waals surface area (Å²) in [6.07, 6.45) is 0. The number of rotatable bonds is 2. The average molecular weight is 311 g/mol. The largest absolute Gasteiger partial charge is 0.355 e. The molecular formula is C22H17NO. The summed E-state index contributed by atoms with van der Waals surface area (Å²) in [5.74, 6) is -0.0654. The molecule has 2 heteroatoms. The highest BCUT2D eigenvalue weighted by atomic mass is 16.1. The van der Waals surface area contributed by atoms with Gasteiger partial charge in [0.15, 0.2) is 0 Å². The first kappa shape index (κ1) is 14.5. The van der Waals surface area contributed by atoms with Gasteiger partial charge in [-0.05, 0) is 50.9 Å². The Labute approximate surface area is 140 Å². The molecule has 0 heterocycles. The van der Waals surface area contributed by atoms with E-state index in [4.69, 9.17) is 0 Å². The summed E-state index contributed by atoms with van der Waals surface area (Å²) in [5, 5.41) is 7.56. The Bertz CT molecular complexity index is 994. The zero-order valence-corrected chi connectivity index (χ0v) is 13.4. The van der Waals surface area contributed by atoms with Crippen molar-refractivity contribution in [1.29, 1.82) is 0 Å². The van der Waals surface area contributed by atoms with E-state index in [0.29, 0.717) is 5.56 Å². The highest BCUT2D eigenvalue weighted by Gasteiger charge is 2.10. The van der Waals surface area contributed by atoms with Gasteiger partial charge in [-0.15, -0.1) is 0 Å². The molecule has 0 aliphatic carbocycles. The molecule has 24 heavy (non-hydrogen) atoms. The molecule has 0 saturated heterocycles. The quantitative estimate of drug-likeness (QED) is 0.517.